The van der Waals surface area contributed by atoms with Crippen LogP contribution < -0.4 is 0 Å². The zero-order valence-electron chi connectivity index (χ0n) is 8.81. The van der Waals surface area contributed by atoms with Crippen molar-refractivity contribution in [1.82, 2.24) is 0 Å². The molecule has 0 aromatic rings. The molecule has 0 saturated heterocycles. The molecule has 1 aliphatic rings. The van der Waals surface area contributed by atoms with E-state index in [0.717, 1.165) is 0 Å². The SMILES string of the molecule is CC(C)(C)[Si](C)(C)C1[C]=CC=C1. The first-order chi connectivity index (χ1) is 5.36. The van der Waals surface area contributed by atoms with E-state index in [0.29, 0.717) is 10.6 Å². The standard InChI is InChI=1S/C11H19Si/c1-11(2,3)12(4,5)10-8-6-7-9-10/h6-8,10H,1-5H3. The molecule has 1 rings (SSSR count). The van der Waals surface area contributed by atoms with Crippen LogP contribution in [0, 0.1) is 6.08 Å². The summed E-state index contributed by atoms with van der Waals surface area (Å²) in [5.74, 6) is 0. The van der Waals surface area contributed by atoms with Crippen molar-refractivity contribution >= 4 is 8.07 Å². The van der Waals surface area contributed by atoms with Crippen LogP contribution in [0.3, 0.4) is 0 Å². The van der Waals surface area contributed by atoms with E-state index in [2.05, 4.69) is 58.2 Å². The first-order valence-corrected chi connectivity index (χ1v) is 7.69. The van der Waals surface area contributed by atoms with Gasteiger partial charge < -0.3 is 0 Å². The van der Waals surface area contributed by atoms with Crippen molar-refractivity contribution in [3.05, 3.63) is 24.3 Å². The smallest absolute Gasteiger partial charge is 0.0649 e. The highest BCUT2D eigenvalue weighted by Gasteiger charge is 2.40. The van der Waals surface area contributed by atoms with E-state index >= 15 is 0 Å². The fourth-order valence-electron chi connectivity index (χ4n) is 1.30. The Morgan fingerprint density at radius 1 is 1.25 bits per heavy atom. The fourth-order valence-corrected chi connectivity index (χ4v) is 3.33. The van der Waals surface area contributed by atoms with Crippen molar-refractivity contribution in [1.29, 1.82) is 0 Å². The molecule has 67 valence electrons. The summed E-state index contributed by atoms with van der Waals surface area (Å²) < 4.78 is 0. The van der Waals surface area contributed by atoms with Gasteiger partial charge in [-0.15, -0.1) is 0 Å². The van der Waals surface area contributed by atoms with Gasteiger partial charge in [-0.3, -0.25) is 0 Å². The zero-order chi connectivity index (χ0) is 9.41. The van der Waals surface area contributed by atoms with E-state index in [9.17, 15) is 0 Å². The predicted molar refractivity (Wildman–Crippen MR) is 57.9 cm³/mol. The molecule has 1 radical (unpaired) electrons. The van der Waals surface area contributed by atoms with Gasteiger partial charge in [-0.05, 0) is 16.7 Å². The summed E-state index contributed by atoms with van der Waals surface area (Å²) in [7, 11) is -1.20. The summed E-state index contributed by atoms with van der Waals surface area (Å²) in [6.45, 7) is 12.0. The van der Waals surface area contributed by atoms with Crippen LogP contribution >= 0.6 is 0 Å². The van der Waals surface area contributed by atoms with Gasteiger partial charge in [0.25, 0.3) is 0 Å². The fraction of sp³-hybridized carbons (Fsp3) is 0.636. The van der Waals surface area contributed by atoms with Crippen molar-refractivity contribution in [2.45, 2.75) is 44.4 Å². The lowest BCUT2D eigenvalue weighted by Crippen LogP contribution is -2.40. The van der Waals surface area contributed by atoms with Crippen LogP contribution in [-0.2, 0) is 0 Å². The van der Waals surface area contributed by atoms with Crippen LogP contribution in [0.2, 0.25) is 23.7 Å². The average molecular weight is 179 g/mol. The van der Waals surface area contributed by atoms with Crippen molar-refractivity contribution in [3.8, 4) is 0 Å². The number of rotatable bonds is 1. The first-order valence-electron chi connectivity index (χ1n) is 4.62. The summed E-state index contributed by atoms with van der Waals surface area (Å²) in [4.78, 5) is 0. The van der Waals surface area contributed by atoms with Gasteiger partial charge in [0.2, 0.25) is 0 Å². The highest BCUT2D eigenvalue weighted by Crippen LogP contribution is 2.45. The first kappa shape index (κ1) is 9.78. The Bertz CT molecular complexity index is 204. The van der Waals surface area contributed by atoms with Gasteiger partial charge >= 0.3 is 0 Å². The van der Waals surface area contributed by atoms with Gasteiger partial charge in [-0.2, -0.15) is 0 Å². The Kier molecular flexibility index (Phi) is 2.35. The van der Waals surface area contributed by atoms with Gasteiger partial charge in [0.15, 0.2) is 0 Å². The second-order valence-corrected chi connectivity index (χ2v) is 10.7. The molecule has 1 unspecified atom stereocenters. The minimum Gasteiger partial charge on any atom is -0.0797 e. The van der Waals surface area contributed by atoms with E-state index in [-0.39, 0.29) is 0 Å². The van der Waals surface area contributed by atoms with Crippen LogP contribution in [0.1, 0.15) is 20.8 Å². The average Bonchev–Trinajstić information content (AvgIpc) is 2.34. The summed E-state index contributed by atoms with van der Waals surface area (Å²) in [5, 5.41) is 0.465. The lowest BCUT2D eigenvalue weighted by molar-refractivity contribution is 0.710. The molecule has 1 heteroatoms. The highest BCUT2D eigenvalue weighted by atomic mass is 28.3. The van der Waals surface area contributed by atoms with Crippen molar-refractivity contribution in [2.75, 3.05) is 0 Å². The minimum atomic E-state index is -1.20. The van der Waals surface area contributed by atoms with Crippen LogP contribution in [-0.4, -0.2) is 8.07 Å². The number of allylic oxidation sites excluding steroid dienone is 4. The molecular weight excluding hydrogens is 160 g/mol. The molecule has 0 spiro atoms. The van der Waals surface area contributed by atoms with Gasteiger partial charge in [0, 0.05) is 0 Å². The maximum Gasteiger partial charge on any atom is 0.0649 e. The Morgan fingerprint density at radius 3 is 2.17 bits per heavy atom. The Hall–Kier alpha value is -0.303. The van der Waals surface area contributed by atoms with Crippen LogP contribution in [0.15, 0.2) is 18.2 Å². The molecule has 1 aliphatic carbocycles. The molecule has 0 saturated carbocycles. The summed E-state index contributed by atoms with van der Waals surface area (Å²) in [6.07, 6.45) is 9.92. The summed E-state index contributed by atoms with van der Waals surface area (Å²) >= 11 is 0. The predicted octanol–water partition coefficient (Wildman–Crippen LogP) is 3.79. The third-order valence-electron chi connectivity index (χ3n) is 3.39. The molecule has 0 aromatic carbocycles. The molecule has 0 N–H and O–H groups in total. The monoisotopic (exact) mass is 179 g/mol. The highest BCUT2D eigenvalue weighted by molar-refractivity contribution is 6.82. The van der Waals surface area contributed by atoms with Crippen LogP contribution in [0.4, 0.5) is 0 Å². The molecule has 0 nitrogen and oxygen atoms in total. The molecule has 0 heterocycles. The van der Waals surface area contributed by atoms with E-state index in [1.165, 1.54) is 0 Å². The molecule has 0 aliphatic heterocycles. The van der Waals surface area contributed by atoms with E-state index in [4.69, 9.17) is 0 Å². The molecule has 0 fully saturated rings. The van der Waals surface area contributed by atoms with Crippen molar-refractivity contribution < 1.29 is 0 Å². The molecular formula is C11H19Si. The van der Waals surface area contributed by atoms with E-state index < -0.39 is 8.07 Å². The number of hydrogen-bond donors (Lipinski definition) is 0. The molecule has 0 bridgehead atoms. The summed E-state index contributed by atoms with van der Waals surface area (Å²) in [6, 6.07) is 0. The lowest BCUT2D eigenvalue weighted by atomic mass is 10.2. The largest absolute Gasteiger partial charge is 0.0797 e. The minimum absolute atomic E-state index is 0.465. The third kappa shape index (κ3) is 1.56. The van der Waals surface area contributed by atoms with Crippen molar-refractivity contribution in [2.24, 2.45) is 0 Å². The molecule has 1 atom stereocenters. The molecule has 12 heavy (non-hydrogen) atoms. The van der Waals surface area contributed by atoms with Crippen LogP contribution in [0.25, 0.3) is 0 Å². The zero-order valence-corrected chi connectivity index (χ0v) is 9.81. The van der Waals surface area contributed by atoms with Gasteiger partial charge in [0.1, 0.15) is 0 Å². The normalized spacial score (nSPS) is 19.1. The maximum absolute atomic E-state index is 3.43. The maximum atomic E-state index is 3.43. The summed E-state index contributed by atoms with van der Waals surface area (Å²) in [5.41, 5.74) is 0.623. The lowest BCUT2D eigenvalue weighted by Gasteiger charge is -2.40. The Balaban J connectivity index is 2.85. The van der Waals surface area contributed by atoms with Gasteiger partial charge in [-0.25, -0.2) is 0 Å². The second kappa shape index (κ2) is 2.88. The number of hydrogen-bond acceptors (Lipinski definition) is 0. The van der Waals surface area contributed by atoms with E-state index in [1.807, 2.05) is 0 Å². The van der Waals surface area contributed by atoms with Crippen molar-refractivity contribution in [3.63, 3.8) is 0 Å². The Morgan fingerprint density at radius 2 is 1.83 bits per heavy atom. The van der Waals surface area contributed by atoms with Crippen LogP contribution in [0.5, 0.6) is 0 Å². The Labute approximate surface area is 77.4 Å². The molecule has 0 amide bonds. The second-order valence-electron chi connectivity index (χ2n) is 5.17. The van der Waals surface area contributed by atoms with E-state index in [1.54, 1.807) is 0 Å². The topological polar surface area (TPSA) is 0 Å². The third-order valence-corrected chi connectivity index (χ3v) is 9.17. The van der Waals surface area contributed by atoms with Gasteiger partial charge in [0.05, 0.1) is 8.07 Å². The van der Waals surface area contributed by atoms with Gasteiger partial charge in [-0.1, -0.05) is 52.1 Å². The quantitative estimate of drug-likeness (QED) is 0.537. The molecule has 0 aromatic heterocycles.